The number of nitrogens with zero attached hydrogens (tertiary/aromatic N) is 6. The fourth-order valence-electron chi connectivity index (χ4n) is 4.79. The summed E-state index contributed by atoms with van der Waals surface area (Å²) in [6.07, 6.45) is 1.25. The average Bonchev–Trinajstić information content (AvgIpc) is 3.70. The Morgan fingerprint density at radius 1 is 1.10 bits per heavy atom. The minimum atomic E-state index is -2.95. The van der Waals surface area contributed by atoms with E-state index in [0.29, 0.717) is 18.5 Å². The van der Waals surface area contributed by atoms with Crippen LogP contribution >= 0.6 is 11.6 Å². The van der Waals surface area contributed by atoms with Gasteiger partial charge in [-0.3, -0.25) is 19.8 Å². The van der Waals surface area contributed by atoms with Gasteiger partial charge in [-0.05, 0) is 52.5 Å². The Hall–Kier alpha value is -4.66. The smallest absolute Gasteiger partial charge is 0.404 e. The molecule has 0 fully saturated rings. The maximum Gasteiger partial charge on any atom is 0.404 e. The van der Waals surface area contributed by atoms with Gasteiger partial charge in [0.2, 0.25) is 0 Å². The number of amides is 2. The Morgan fingerprint density at radius 3 is 2.38 bits per heavy atom. The largest absolute Gasteiger partial charge is 0.447 e. The zero-order valence-electron chi connectivity index (χ0n) is 27.7. The molecule has 0 saturated carbocycles. The van der Waals surface area contributed by atoms with E-state index in [2.05, 4.69) is 20.5 Å². The van der Waals surface area contributed by atoms with Crippen molar-refractivity contribution in [2.24, 2.45) is 11.1 Å². The molecule has 0 spiro atoms. The second-order valence-corrected chi connectivity index (χ2v) is 13.8. The number of hydrogen-bond donors (Lipinski definition) is 3. The summed E-state index contributed by atoms with van der Waals surface area (Å²) in [5.74, 6) is -1.51. The molecule has 250 valence electrons. The predicted molar refractivity (Wildman–Crippen MR) is 187 cm³/mol. The van der Waals surface area contributed by atoms with Crippen LogP contribution in [-0.4, -0.2) is 84.1 Å². The number of ether oxygens (including phenoxy) is 1. The number of hydrogen-bond acceptors (Lipinski definition) is 7. The molecule has 1 atom stereocenters. The van der Waals surface area contributed by atoms with Crippen LogP contribution in [0.15, 0.2) is 61.2 Å². The number of halogens is 3. The van der Waals surface area contributed by atoms with Gasteiger partial charge in [-0.1, -0.05) is 50.6 Å². The van der Waals surface area contributed by atoms with Crippen molar-refractivity contribution in [3.63, 3.8) is 0 Å². The van der Waals surface area contributed by atoms with Crippen LogP contribution in [0.2, 0.25) is 5.02 Å². The van der Waals surface area contributed by atoms with E-state index < -0.39 is 36.9 Å². The zero-order chi connectivity index (χ0) is 35.4. The molecular formula is C30H37B3ClF2N9O3. The van der Waals surface area contributed by atoms with Gasteiger partial charge in [0, 0.05) is 23.9 Å². The van der Waals surface area contributed by atoms with Gasteiger partial charge in [0.05, 0.1) is 22.9 Å². The van der Waals surface area contributed by atoms with Gasteiger partial charge in [-0.25, -0.2) is 23.2 Å². The Bertz CT molecular complexity index is 1770. The third-order valence-electron chi connectivity index (χ3n) is 7.41. The Morgan fingerprint density at radius 2 is 1.79 bits per heavy atom. The van der Waals surface area contributed by atoms with E-state index in [0.717, 1.165) is 27.0 Å². The van der Waals surface area contributed by atoms with Crippen LogP contribution in [-0.2, 0) is 9.97 Å². The molecule has 2 aromatic heterocycles. The van der Waals surface area contributed by atoms with E-state index in [4.69, 9.17) is 27.5 Å². The molecular weight excluding hydrogens is 640 g/mol. The van der Waals surface area contributed by atoms with Crippen LogP contribution in [0.3, 0.4) is 0 Å². The normalized spacial score (nSPS) is 12.5. The molecule has 12 nitrogen and oxygen atoms in total. The number of carbonyl (C=O) groups is 2. The first-order chi connectivity index (χ1) is 22.5. The number of alkyl halides is 2. The van der Waals surface area contributed by atoms with E-state index >= 15 is 0 Å². The maximum absolute atomic E-state index is 14.3. The van der Waals surface area contributed by atoms with Crippen LogP contribution in [0, 0.1) is 10.8 Å². The molecule has 48 heavy (non-hydrogen) atoms. The highest BCUT2D eigenvalue weighted by Gasteiger charge is 2.32. The van der Waals surface area contributed by atoms with Crippen LogP contribution in [0.1, 0.15) is 61.4 Å². The molecule has 2 heterocycles. The molecule has 0 bridgehead atoms. The van der Waals surface area contributed by atoms with Crippen molar-refractivity contribution in [1.29, 1.82) is 5.41 Å². The highest BCUT2D eigenvalue weighted by atomic mass is 35.5. The van der Waals surface area contributed by atoms with Crippen molar-refractivity contribution in [2.75, 3.05) is 13.2 Å². The summed E-state index contributed by atoms with van der Waals surface area (Å²) in [6.45, 7) is 6.03. The Balaban J connectivity index is 1.77. The van der Waals surface area contributed by atoms with Gasteiger partial charge in [0.15, 0.2) is 11.8 Å². The summed E-state index contributed by atoms with van der Waals surface area (Å²) in [5, 5.41) is 20.3. The number of rotatable bonds is 11. The fourth-order valence-corrected chi connectivity index (χ4v) is 4.99. The third kappa shape index (κ3) is 8.82. The van der Waals surface area contributed by atoms with Gasteiger partial charge in [0.25, 0.3) is 12.3 Å². The van der Waals surface area contributed by atoms with E-state index in [1.165, 1.54) is 12.1 Å². The van der Waals surface area contributed by atoms with Crippen molar-refractivity contribution >= 4 is 53.1 Å². The highest BCUT2D eigenvalue weighted by Crippen LogP contribution is 2.32. The van der Waals surface area contributed by atoms with Crippen molar-refractivity contribution < 1.29 is 23.1 Å². The minimum Gasteiger partial charge on any atom is -0.447 e. The molecule has 0 radical (unpaired) electrons. The molecule has 0 aliphatic rings. The molecule has 4 rings (SSSR count). The average molecular weight is 678 g/mol. The summed E-state index contributed by atoms with van der Waals surface area (Å²) in [4.78, 5) is 30.9. The quantitative estimate of drug-likeness (QED) is 0.125. The highest BCUT2D eigenvalue weighted by molar-refractivity contribution is 6.56. The molecule has 0 aliphatic carbocycles. The number of nitrogens with two attached hydrogens (primary N) is 1. The summed E-state index contributed by atoms with van der Waals surface area (Å²) in [6, 6.07) is 10.1. The van der Waals surface area contributed by atoms with Crippen molar-refractivity contribution in [2.45, 2.75) is 44.9 Å². The van der Waals surface area contributed by atoms with Gasteiger partial charge in [-0.2, -0.15) is 10.2 Å². The lowest BCUT2D eigenvalue weighted by molar-refractivity contribution is 0.0706. The number of aromatic nitrogens is 5. The van der Waals surface area contributed by atoms with Gasteiger partial charge in [0.1, 0.15) is 36.5 Å². The van der Waals surface area contributed by atoms with Gasteiger partial charge >= 0.3 is 6.09 Å². The SMILES string of the molecule is BC(B)(B)n1cc(-c2ccc(C(=O)N(C(=N)NCCC(C)(C)C)[C@H](COC(N)=O)c3ccc(Cl)c(-n4ncnc4C(F)F)c3)cc2)cn1. The summed E-state index contributed by atoms with van der Waals surface area (Å²) in [7, 11) is 6.11. The zero-order valence-corrected chi connectivity index (χ0v) is 28.4. The summed E-state index contributed by atoms with van der Waals surface area (Å²) < 4.78 is 35.4. The first kappa shape index (κ1) is 36.2. The lowest BCUT2D eigenvalue weighted by Gasteiger charge is -2.33. The van der Waals surface area contributed by atoms with E-state index in [1.807, 2.05) is 55.2 Å². The van der Waals surface area contributed by atoms with Crippen molar-refractivity contribution in [1.82, 2.24) is 34.8 Å². The fraction of sp³-hybridized carbons (Fsp3) is 0.333. The van der Waals surface area contributed by atoms with Crippen LogP contribution in [0.25, 0.3) is 16.8 Å². The van der Waals surface area contributed by atoms with E-state index in [-0.39, 0.29) is 32.9 Å². The summed E-state index contributed by atoms with van der Waals surface area (Å²) >= 11 is 6.42. The molecule has 4 N–H and O–H groups in total. The lowest BCUT2D eigenvalue weighted by Crippen LogP contribution is -2.48. The van der Waals surface area contributed by atoms with E-state index in [9.17, 15) is 18.4 Å². The minimum absolute atomic E-state index is 0.0471. The third-order valence-corrected chi connectivity index (χ3v) is 7.73. The van der Waals surface area contributed by atoms with Crippen LogP contribution < -0.4 is 11.1 Å². The Kier molecular flexibility index (Phi) is 11.0. The second kappa shape index (κ2) is 14.6. The number of benzene rings is 2. The molecule has 0 unspecified atom stereocenters. The second-order valence-electron chi connectivity index (χ2n) is 13.4. The number of nitrogens with one attached hydrogen (secondary N) is 2. The summed E-state index contributed by atoms with van der Waals surface area (Å²) in [5.41, 5.74) is 7.52. The number of guanidine groups is 1. The maximum atomic E-state index is 14.3. The predicted octanol–water partition coefficient (Wildman–Crippen LogP) is 2.43. The van der Waals surface area contributed by atoms with Crippen molar-refractivity contribution in [3.8, 4) is 16.8 Å². The first-order valence-electron chi connectivity index (χ1n) is 15.2. The monoisotopic (exact) mass is 677 g/mol. The van der Waals surface area contributed by atoms with E-state index in [1.54, 1.807) is 36.5 Å². The molecule has 2 aromatic carbocycles. The lowest BCUT2D eigenvalue weighted by atomic mass is 9.49. The molecule has 0 aliphatic heterocycles. The van der Waals surface area contributed by atoms with Gasteiger partial charge in [-0.15, -0.1) is 0 Å². The Labute approximate surface area is 285 Å². The standard InChI is InChI=1S/C30H37B3ClF2N9O3/c1-29(2,3)10-11-39-27(37)44(26(46)18-6-4-17(5-7-18)20-13-41-43(14-20)30(31,32)33)23(15-48-28(38)47)19-8-9-21(34)22(12-19)45-25(24(35)36)40-16-42-45/h4-9,12-14,16,23-24H,10-11,15,31-33H2,1-3H3,(H2,37,39)(H2,38,47)/t23-/m1/s1. The van der Waals surface area contributed by atoms with Crippen LogP contribution in [0.5, 0.6) is 0 Å². The van der Waals surface area contributed by atoms with Gasteiger partial charge < -0.3 is 15.8 Å². The van der Waals surface area contributed by atoms with Crippen LogP contribution in [0.4, 0.5) is 13.6 Å². The van der Waals surface area contributed by atoms with Crippen molar-refractivity contribution in [3.05, 3.63) is 83.2 Å². The molecule has 4 aromatic rings. The molecule has 2 amide bonds. The molecule has 0 saturated heterocycles. The number of carbonyl (C=O) groups excluding carboxylic acids is 2. The number of primary amides is 1. The first-order valence-corrected chi connectivity index (χ1v) is 15.6. The molecule has 18 heteroatoms. The topological polar surface area (TPSA) is 157 Å².